The van der Waals surface area contributed by atoms with E-state index in [4.69, 9.17) is 9.72 Å². The molecule has 1 aromatic heterocycles. The molecule has 1 heterocycles. The van der Waals surface area contributed by atoms with Crippen LogP contribution in [0.25, 0.3) is 11.0 Å². The summed E-state index contributed by atoms with van der Waals surface area (Å²) in [5.74, 6) is 2.36. The number of hydrogen-bond acceptors (Lipinski definition) is 2. The van der Waals surface area contributed by atoms with Crippen molar-refractivity contribution in [2.24, 2.45) is 0 Å². The van der Waals surface area contributed by atoms with Crippen molar-refractivity contribution in [3.63, 3.8) is 0 Å². The Bertz CT molecular complexity index is 1110. The minimum atomic E-state index is -0.154. The summed E-state index contributed by atoms with van der Waals surface area (Å²) < 4.78 is 8.53. The fourth-order valence-electron chi connectivity index (χ4n) is 3.71. The number of aromatic nitrogens is 2. The molecule has 0 spiro atoms. The lowest BCUT2D eigenvalue weighted by Gasteiger charge is -2.17. The van der Waals surface area contributed by atoms with E-state index in [-0.39, 0.29) is 6.10 Å². The van der Waals surface area contributed by atoms with Crippen LogP contribution in [0.1, 0.15) is 55.3 Å². The highest BCUT2D eigenvalue weighted by atomic mass is 16.5. The zero-order valence-electron chi connectivity index (χ0n) is 17.6. The third-order valence-corrected chi connectivity index (χ3v) is 5.34. The second kappa shape index (κ2) is 8.12. The van der Waals surface area contributed by atoms with Gasteiger partial charge in [0.15, 0.2) is 11.9 Å². The van der Waals surface area contributed by atoms with Crippen LogP contribution in [0.2, 0.25) is 0 Å². The molecule has 0 N–H and O–H groups in total. The maximum Gasteiger partial charge on any atom is 0.153 e. The van der Waals surface area contributed by atoms with Crippen LogP contribution >= 0.6 is 0 Å². The van der Waals surface area contributed by atoms with Crippen molar-refractivity contribution >= 4 is 11.0 Å². The summed E-state index contributed by atoms with van der Waals surface area (Å²) in [7, 11) is 0. The second-order valence-electron chi connectivity index (χ2n) is 8.02. The van der Waals surface area contributed by atoms with Crippen molar-refractivity contribution in [3.8, 4) is 5.75 Å². The molecule has 0 aliphatic rings. The molecule has 4 rings (SSSR count). The molecule has 0 saturated heterocycles. The summed E-state index contributed by atoms with van der Waals surface area (Å²) in [6.45, 7) is 9.37. The lowest BCUT2D eigenvalue weighted by atomic mass is 10.0. The number of aryl methyl sites for hydroxylation is 1. The number of ether oxygens (including phenoxy) is 1. The molecule has 3 heteroatoms. The summed E-state index contributed by atoms with van der Waals surface area (Å²) in [5.41, 5.74) is 5.95. The summed E-state index contributed by atoms with van der Waals surface area (Å²) in [6, 6.07) is 25.4. The molecule has 3 nitrogen and oxygen atoms in total. The fraction of sp³-hybridized carbons (Fsp3) is 0.269. The van der Waals surface area contributed by atoms with Gasteiger partial charge in [-0.05, 0) is 60.7 Å². The number of hydrogen-bond donors (Lipinski definition) is 0. The number of fused-ring (bicyclic) bond motifs is 1. The molecule has 0 radical (unpaired) electrons. The van der Waals surface area contributed by atoms with Crippen molar-refractivity contribution < 1.29 is 4.74 Å². The minimum Gasteiger partial charge on any atom is -0.483 e. The van der Waals surface area contributed by atoms with Gasteiger partial charge in [-0.25, -0.2) is 4.98 Å². The largest absolute Gasteiger partial charge is 0.483 e. The van der Waals surface area contributed by atoms with Crippen molar-refractivity contribution in [1.82, 2.24) is 9.55 Å². The van der Waals surface area contributed by atoms with Gasteiger partial charge >= 0.3 is 0 Å². The Hall–Kier alpha value is -3.07. The zero-order valence-corrected chi connectivity index (χ0v) is 17.6. The van der Waals surface area contributed by atoms with Crippen LogP contribution < -0.4 is 4.74 Å². The van der Waals surface area contributed by atoms with Gasteiger partial charge in [0.25, 0.3) is 0 Å². The molecule has 1 unspecified atom stereocenters. The first kappa shape index (κ1) is 19.3. The molecule has 4 aromatic rings. The van der Waals surface area contributed by atoms with Crippen LogP contribution in [-0.4, -0.2) is 9.55 Å². The predicted octanol–water partition coefficient (Wildman–Crippen LogP) is 6.66. The van der Waals surface area contributed by atoms with Gasteiger partial charge in [0, 0.05) is 6.54 Å². The maximum absolute atomic E-state index is 6.26. The highest BCUT2D eigenvalue weighted by molar-refractivity contribution is 5.76. The third-order valence-electron chi connectivity index (χ3n) is 5.34. The Labute approximate surface area is 173 Å². The maximum atomic E-state index is 6.26. The normalized spacial score (nSPS) is 12.4. The number of rotatable bonds is 6. The van der Waals surface area contributed by atoms with E-state index in [0.29, 0.717) is 5.92 Å². The summed E-state index contributed by atoms with van der Waals surface area (Å²) in [6.07, 6.45) is -0.154. The smallest absolute Gasteiger partial charge is 0.153 e. The van der Waals surface area contributed by atoms with Gasteiger partial charge in [-0.2, -0.15) is 0 Å². The fourth-order valence-corrected chi connectivity index (χ4v) is 3.71. The van der Waals surface area contributed by atoms with Crippen molar-refractivity contribution in [3.05, 3.63) is 95.3 Å². The zero-order chi connectivity index (χ0) is 20.4. The first-order valence-corrected chi connectivity index (χ1v) is 10.3. The van der Waals surface area contributed by atoms with Gasteiger partial charge in [-0.3, -0.25) is 0 Å². The Balaban J connectivity index is 1.68. The van der Waals surface area contributed by atoms with Crippen LogP contribution in [-0.2, 0) is 6.54 Å². The Kier molecular flexibility index (Phi) is 5.39. The lowest BCUT2D eigenvalue weighted by Crippen LogP contribution is -2.13. The molecule has 29 heavy (non-hydrogen) atoms. The van der Waals surface area contributed by atoms with E-state index in [0.717, 1.165) is 29.2 Å². The Morgan fingerprint density at radius 2 is 1.66 bits per heavy atom. The molecule has 0 aliphatic heterocycles. The molecule has 0 amide bonds. The van der Waals surface area contributed by atoms with Crippen LogP contribution in [0.5, 0.6) is 5.75 Å². The number of benzene rings is 3. The highest BCUT2D eigenvalue weighted by Gasteiger charge is 2.18. The number of nitrogens with zero attached hydrogens (tertiary/aromatic N) is 2. The highest BCUT2D eigenvalue weighted by Crippen LogP contribution is 2.27. The summed E-state index contributed by atoms with van der Waals surface area (Å²) >= 11 is 0. The SMILES string of the molecule is Cc1cccc(OC(C)c2nc3ccccc3n2Cc2ccc(C(C)C)cc2)c1. The Morgan fingerprint density at radius 1 is 0.897 bits per heavy atom. The van der Waals surface area contributed by atoms with Gasteiger partial charge in [-0.15, -0.1) is 0 Å². The third kappa shape index (κ3) is 4.19. The molecule has 3 aromatic carbocycles. The predicted molar refractivity (Wildman–Crippen MR) is 120 cm³/mol. The molecule has 148 valence electrons. The summed E-state index contributed by atoms with van der Waals surface area (Å²) in [4.78, 5) is 4.91. The first-order chi connectivity index (χ1) is 14.0. The van der Waals surface area contributed by atoms with E-state index in [2.05, 4.69) is 86.9 Å². The average Bonchev–Trinajstić information content (AvgIpc) is 3.07. The van der Waals surface area contributed by atoms with Crippen LogP contribution in [0, 0.1) is 6.92 Å². The van der Waals surface area contributed by atoms with E-state index in [1.807, 2.05) is 18.2 Å². The molecule has 0 saturated carbocycles. The van der Waals surface area contributed by atoms with Gasteiger partial charge in [0.2, 0.25) is 0 Å². The monoisotopic (exact) mass is 384 g/mol. The lowest BCUT2D eigenvalue weighted by molar-refractivity contribution is 0.212. The first-order valence-electron chi connectivity index (χ1n) is 10.3. The molecule has 0 fully saturated rings. The van der Waals surface area contributed by atoms with E-state index >= 15 is 0 Å². The quantitative estimate of drug-likeness (QED) is 0.372. The van der Waals surface area contributed by atoms with E-state index in [1.165, 1.54) is 16.7 Å². The second-order valence-corrected chi connectivity index (χ2v) is 8.02. The number of para-hydroxylation sites is 2. The van der Waals surface area contributed by atoms with Crippen molar-refractivity contribution in [2.45, 2.75) is 46.3 Å². The molecule has 0 bridgehead atoms. The average molecular weight is 385 g/mol. The van der Waals surface area contributed by atoms with Crippen LogP contribution in [0.4, 0.5) is 0 Å². The van der Waals surface area contributed by atoms with Gasteiger partial charge in [0.1, 0.15) is 5.75 Å². The van der Waals surface area contributed by atoms with Gasteiger partial charge < -0.3 is 9.30 Å². The number of imidazole rings is 1. The summed E-state index contributed by atoms with van der Waals surface area (Å²) in [5, 5.41) is 0. The van der Waals surface area contributed by atoms with Gasteiger partial charge in [0.05, 0.1) is 11.0 Å². The van der Waals surface area contributed by atoms with Crippen LogP contribution in [0.3, 0.4) is 0 Å². The Morgan fingerprint density at radius 3 is 2.38 bits per heavy atom. The van der Waals surface area contributed by atoms with Crippen LogP contribution in [0.15, 0.2) is 72.8 Å². The molecular formula is C26H28N2O. The molecule has 0 aliphatic carbocycles. The topological polar surface area (TPSA) is 27.1 Å². The molecular weight excluding hydrogens is 356 g/mol. The molecule has 1 atom stereocenters. The van der Waals surface area contributed by atoms with E-state index in [1.54, 1.807) is 0 Å². The van der Waals surface area contributed by atoms with E-state index in [9.17, 15) is 0 Å². The standard InChI is InChI=1S/C26H28N2O/c1-18(2)22-14-12-21(13-15-22)17-28-25-11-6-5-10-24(25)27-26(28)20(4)29-23-9-7-8-19(3)16-23/h5-16,18,20H,17H2,1-4H3. The van der Waals surface area contributed by atoms with Crippen molar-refractivity contribution in [1.29, 1.82) is 0 Å². The minimum absolute atomic E-state index is 0.154. The van der Waals surface area contributed by atoms with Gasteiger partial charge in [-0.1, -0.05) is 62.4 Å². The van der Waals surface area contributed by atoms with Crippen molar-refractivity contribution in [2.75, 3.05) is 0 Å². The van der Waals surface area contributed by atoms with E-state index < -0.39 is 0 Å².